The molecule has 134 valence electrons. The zero-order valence-electron chi connectivity index (χ0n) is 14.4. The third kappa shape index (κ3) is 4.11. The van der Waals surface area contributed by atoms with Gasteiger partial charge >= 0.3 is 12.1 Å². The van der Waals surface area contributed by atoms with Crippen molar-refractivity contribution >= 4 is 18.1 Å². The van der Waals surface area contributed by atoms with E-state index in [4.69, 9.17) is 4.74 Å². The van der Waals surface area contributed by atoms with Gasteiger partial charge in [-0.05, 0) is 29.5 Å². The Labute approximate surface area is 152 Å². The van der Waals surface area contributed by atoms with Crippen LogP contribution in [0.1, 0.15) is 29.5 Å². The van der Waals surface area contributed by atoms with Gasteiger partial charge in [0.25, 0.3) is 0 Å². The maximum absolute atomic E-state index is 11.7. The van der Waals surface area contributed by atoms with Crippen LogP contribution in [0.2, 0.25) is 0 Å². The summed E-state index contributed by atoms with van der Waals surface area (Å²) in [7, 11) is 0. The number of hydrogen-bond donors (Lipinski definition) is 2. The average Bonchev–Trinajstić information content (AvgIpc) is 3.47. The van der Waals surface area contributed by atoms with Crippen LogP contribution in [-0.4, -0.2) is 23.7 Å². The summed E-state index contributed by atoms with van der Waals surface area (Å²) in [6.45, 7) is 0.530. The van der Waals surface area contributed by atoms with Crippen LogP contribution in [0.5, 0.6) is 0 Å². The Morgan fingerprint density at radius 3 is 2.46 bits per heavy atom. The smallest absolute Gasteiger partial charge is 0.407 e. The van der Waals surface area contributed by atoms with Gasteiger partial charge in [0.05, 0.1) is 5.41 Å². The monoisotopic (exact) mass is 351 g/mol. The lowest BCUT2D eigenvalue weighted by atomic mass is 9.91. The van der Waals surface area contributed by atoms with E-state index in [2.05, 4.69) is 5.32 Å². The first-order valence-electron chi connectivity index (χ1n) is 8.56. The highest BCUT2D eigenvalue weighted by atomic mass is 16.5. The summed E-state index contributed by atoms with van der Waals surface area (Å²) < 4.78 is 5.14. The fraction of sp³-hybridized carbons (Fsp3) is 0.238. The molecule has 0 heterocycles. The molecule has 2 aromatic carbocycles. The molecule has 0 aliphatic heterocycles. The Morgan fingerprint density at radius 2 is 1.77 bits per heavy atom. The van der Waals surface area contributed by atoms with Crippen LogP contribution in [0, 0.1) is 0 Å². The maximum Gasteiger partial charge on any atom is 0.407 e. The van der Waals surface area contributed by atoms with Crippen molar-refractivity contribution in [1.29, 1.82) is 0 Å². The van der Waals surface area contributed by atoms with E-state index in [-0.39, 0.29) is 6.61 Å². The second kappa shape index (κ2) is 7.87. The van der Waals surface area contributed by atoms with Crippen LogP contribution in [0.3, 0.4) is 0 Å². The minimum Gasteiger partial charge on any atom is -0.481 e. The van der Waals surface area contributed by atoms with Crippen LogP contribution in [0.25, 0.3) is 6.08 Å². The van der Waals surface area contributed by atoms with Crippen LogP contribution in [0.4, 0.5) is 4.79 Å². The van der Waals surface area contributed by atoms with E-state index < -0.39 is 17.5 Å². The van der Waals surface area contributed by atoms with Crippen molar-refractivity contribution in [3.63, 3.8) is 0 Å². The number of carboxylic acid groups (broad SMARTS) is 1. The topological polar surface area (TPSA) is 75.6 Å². The Balaban J connectivity index is 1.52. The number of hydrogen-bond acceptors (Lipinski definition) is 3. The molecule has 0 spiro atoms. The van der Waals surface area contributed by atoms with Crippen molar-refractivity contribution in [2.24, 2.45) is 0 Å². The van der Waals surface area contributed by atoms with E-state index in [0.29, 0.717) is 19.4 Å². The number of carbonyl (C=O) groups is 2. The first kappa shape index (κ1) is 17.7. The highest BCUT2D eigenvalue weighted by Crippen LogP contribution is 2.49. The zero-order chi connectivity index (χ0) is 18.4. The summed E-state index contributed by atoms with van der Waals surface area (Å²) >= 11 is 0. The fourth-order valence-corrected chi connectivity index (χ4v) is 2.90. The van der Waals surface area contributed by atoms with Crippen molar-refractivity contribution in [2.45, 2.75) is 24.9 Å². The third-order valence-electron chi connectivity index (χ3n) is 4.51. The maximum atomic E-state index is 11.7. The summed E-state index contributed by atoms with van der Waals surface area (Å²) in [6, 6.07) is 17.0. The summed E-state index contributed by atoms with van der Waals surface area (Å²) in [5.41, 5.74) is 1.88. The molecule has 1 amide bonds. The summed E-state index contributed by atoms with van der Waals surface area (Å²) in [4.78, 5) is 23.3. The molecule has 2 aromatic rings. The van der Waals surface area contributed by atoms with Gasteiger partial charge in [-0.3, -0.25) is 4.79 Å². The van der Waals surface area contributed by atoms with E-state index >= 15 is 0 Å². The number of ether oxygens (including phenoxy) is 1. The molecule has 0 saturated heterocycles. The molecule has 1 aliphatic carbocycles. The quantitative estimate of drug-likeness (QED) is 0.797. The van der Waals surface area contributed by atoms with Crippen molar-refractivity contribution in [1.82, 2.24) is 5.32 Å². The summed E-state index contributed by atoms with van der Waals surface area (Å²) in [6.07, 6.45) is 4.47. The lowest BCUT2D eigenvalue weighted by molar-refractivity contribution is -0.140. The minimum atomic E-state index is -0.777. The van der Waals surface area contributed by atoms with E-state index in [1.807, 2.05) is 60.7 Å². The summed E-state index contributed by atoms with van der Waals surface area (Å²) in [5.74, 6) is -0.777. The second-order valence-electron chi connectivity index (χ2n) is 6.32. The van der Waals surface area contributed by atoms with Gasteiger partial charge in [0.15, 0.2) is 0 Å². The molecular formula is C21H21NO4. The first-order valence-corrected chi connectivity index (χ1v) is 8.56. The van der Waals surface area contributed by atoms with Gasteiger partial charge in [0.2, 0.25) is 0 Å². The average molecular weight is 351 g/mol. The second-order valence-corrected chi connectivity index (χ2v) is 6.32. The highest BCUT2D eigenvalue weighted by molar-refractivity contribution is 5.86. The van der Waals surface area contributed by atoms with E-state index in [1.54, 1.807) is 6.08 Å². The largest absolute Gasteiger partial charge is 0.481 e. The van der Waals surface area contributed by atoms with Crippen molar-refractivity contribution in [2.75, 3.05) is 6.54 Å². The van der Waals surface area contributed by atoms with Crippen molar-refractivity contribution < 1.29 is 19.4 Å². The SMILES string of the molecule is O=C(NCC=Cc1ccccc1C1(C(=O)O)CC1)OCc1ccccc1. The molecule has 0 unspecified atom stereocenters. The molecule has 0 bridgehead atoms. The van der Waals surface area contributed by atoms with Gasteiger partial charge in [0.1, 0.15) is 6.61 Å². The van der Waals surface area contributed by atoms with Crippen LogP contribution >= 0.6 is 0 Å². The predicted octanol–water partition coefficient (Wildman–Crippen LogP) is 3.74. The van der Waals surface area contributed by atoms with E-state index in [9.17, 15) is 14.7 Å². The highest BCUT2D eigenvalue weighted by Gasteiger charge is 2.52. The van der Waals surface area contributed by atoms with Gasteiger partial charge in [-0.1, -0.05) is 66.7 Å². The molecule has 0 atom stereocenters. The fourth-order valence-electron chi connectivity index (χ4n) is 2.90. The number of carboxylic acids is 1. The summed E-state index contributed by atoms with van der Waals surface area (Å²) in [5, 5.41) is 12.1. The van der Waals surface area contributed by atoms with Crippen LogP contribution in [-0.2, 0) is 21.6 Å². The number of alkyl carbamates (subject to hydrolysis) is 1. The lowest BCUT2D eigenvalue weighted by Crippen LogP contribution is -2.24. The van der Waals surface area contributed by atoms with Crippen LogP contribution < -0.4 is 5.32 Å². The Hall–Kier alpha value is -3.08. The standard InChI is InChI=1S/C21H21NO4/c23-19(24)21(12-13-21)18-11-5-4-9-17(18)10-6-14-22-20(25)26-15-16-7-2-1-3-8-16/h1-11H,12-15H2,(H,22,25)(H,23,24). The number of amides is 1. The number of rotatable bonds is 7. The minimum absolute atomic E-state index is 0.223. The molecule has 26 heavy (non-hydrogen) atoms. The van der Waals surface area contributed by atoms with E-state index in [1.165, 1.54) is 0 Å². The van der Waals surface area contributed by atoms with Crippen molar-refractivity contribution in [3.05, 3.63) is 77.4 Å². The molecule has 0 radical (unpaired) electrons. The Kier molecular flexibility index (Phi) is 5.37. The van der Waals surface area contributed by atoms with Crippen LogP contribution in [0.15, 0.2) is 60.7 Å². The normalized spacial score (nSPS) is 14.8. The Morgan fingerprint density at radius 1 is 1.08 bits per heavy atom. The van der Waals surface area contributed by atoms with Gasteiger partial charge < -0.3 is 15.2 Å². The zero-order valence-corrected chi connectivity index (χ0v) is 14.4. The molecule has 1 saturated carbocycles. The number of aliphatic carboxylic acids is 1. The molecule has 0 aromatic heterocycles. The molecule has 5 heteroatoms. The molecule has 2 N–H and O–H groups in total. The predicted molar refractivity (Wildman–Crippen MR) is 98.7 cm³/mol. The van der Waals surface area contributed by atoms with Gasteiger partial charge in [-0.2, -0.15) is 0 Å². The third-order valence-corrected chi connectivity index (χ3v) is 4.51. The number of carbonyl (C=O) groups excluding carboxylic acids is 1. The van der Waals surface area contributed by atoms with Gasteiger partial charge in [-0.15, -0.1) is 0 Å². The molecule has 5 nitrogen and oxygen atoms in total. The molecular weight excluding hydrogens is 330 g/mol. The van der Waals surface area contributed by atoms with E-state index in [0.717, 1.165) is 16.7 Å². The first-order chi connectivity index (χ1) is 12.6. The molecule has 3 rings (SSSR count). The Bertz CT molecular complexity index is 810. The number of nitrogens with one attached hydrogen (secondary N) is 1. The van der Waals surface area contributed by atoms with Crippen molar-refractivity contribution in [3.8, 4) is 0 Å². The molecule has 1 aliphatic rings. The number of benzene rings is 2. The van der Waals surface area contributed by atoms with Gasteiger partial charge in [-0.25, -0.2) is 4.79 Å². The van der Waals surface area contributed by atoms with Gasteiger partial charge in [0, 0.05) is 6.54 Å². The molecule has 1 fully saturated rings. The lowest BCUT2D eigenvalue weighted by Gasteiger charge is -2.13.